The number of fused-ring (bicyclic) bond motifs is 1. The van der Waals surface area contributed by atoms with Crippen LogP contribution in [0.2, 0.25) is 0 Å². The summed E-state index contributed by atoms with van der Waals surface area (Å²) in [5.41, 5.74) is 0. The Bertz CT molecular complexity index is 299. The Labute approximate surface area is 110 Å². The second-order valence-corrected chi connectivity index (χ2v) is 6.27. The first-order valence-corrected chi connectivity index (χ1v) is 7.71. The molecule has 0 bridgehead atoms. The Morgan fingerprint density at radius 3 is 2.83 bits per heavy atom. The fraction of sp³-hybridized carbons (Fsp3) is 0.933. The number of morpholine rings is 1. The van der Waals surface area contributed by atoms with Gasteiger partial charge in [0.25, 0.3) is 0 Å². The maximum absolute atomic E-state index is 12.2. The molecular weight excluding hydrogens is 226 g/mol. The highest BCUT2D eigenvalue weighted by atomic mass is 16.5. The van der Waals surface area contributed by atoms with Crippen molar-refractivity contribution in [2.75, 3.05) is 19.7 Å². The summed E-state index contributed by atoms with van der Waals surface area (Å²) in [5, 5.41) is 0. The number of carbonyl (C=O) groups is 1. The highest BCUT2D eigenvalue weighted by molar-refractivity contribution is 5.83. The predicted octanol–water partition coefficient (Wildman–Crippen LogP) is 2.39. The molecule has 18 heavy (non-hydrogen) atoms. The van der Waals surface area contributed by atoms with Gasteiger partial charge in [0.15, 0.2) is 5.78 Å². The average molecular weight is 251 g/mol. The van der Waals surface area contributed by atoms with Crippen molar-refractivity contribution >= 4 is 5.78 Å². The van der Waals surface area contributed by atoms with Gasteiger partial charge in [0.1, 0.15) is 6.10 Å². The molecule has 2 atom stereocenters. The van der Waals surface area contributed by atoms with Crippen LogP contribution in [-0.2, 0) is 9.53 Å². The van der Waals surface area contributed by atoms with Crippen LogP contribution in [0.5, 0.6) is 0 Å². The monoisotopic (exact) mass is 251 g/mol. The second-order valence-electron chi connectivity index (χ2n) is 6.27. The second kappa shape index (κ2) is 5.70. The van der Waals surface area contributed by atoms with E-state index in [4.69, 9.17) is 4.74 Å². The molecule has 1 saturated carbocycles. The van der Waals surface area contributed by atoms with Crippen LogP contribution >= 0.6 is 0 Å². The molecule has 0 spiro atoms. The Morgan fingerprint density at radius 2 is 2.00 bits per heavy atom. The number of carbonyl (C=O) groups excluding carboxylic acids is 1. The molecule has 2 aliphatic heterocycles. The van der Waals surface area contributed by atoms with E-state index in [2.05, 4.69) is 4.90 Å². The molecule has 0 radical (unpaired) electrons. The SMILES string of the molecule is O=C(CCC1CCCC1)C1CN2CCCC2CO1. The molecule has 0 amide bonds. The Balaban J connectivity index is 1.44. The molecule has 3 fully saturated rings. The minimum atomic E-state index is -0.124. The van der Waals surface area contributed by atoms with Gasteiger partial charge >= 0.3 is 0 Å². The fourth-order valence-corrected chi connectivity index (χ4v) is 3.82. The van der Waals surface area contributed by atoms with Crippen molar-refractivity contribution in [1.29, 1.82) is 0 Å². The van der Waals surface area contributed by atoms with Gasteiger partial charge in [-0.2, -0.15) is 0 Å². The lowest BCUT2D eigenvalue weighted by Crippen LogP contribution is -2.49. The van der Waals surface area contributed by atoms with Crippen molar-refractivity contribution in [3.8, 4) is 0 Å². The highest BCUT2D eigenvalue weighted by Gasteiger charge is 2.35. The molecule has 0 N–H and O–H groups in total. The first-order valence-electron chi connectivity index (χ1n) is 7.71. The minimum absolute atomic E-state index is 0.124. The van der Waals surface area contributed by atoms with Crippen LogP contribution in [0.4, 0.5) is 0 Å². The predicted molar refractivity (Wildman–Crippen MR) is 70.5 cm³/mol. The summed E-state index contributed by atoms with van der Waals surface area (Å²) < 4.78 is 5.78. The van der Waals surface area contributed by atoms with Gasteiger partial charge in [-0.1, -0.05) is 25.7 Å². The van der Waals surface area contributed by atoms with Gasteiger partial charge < -0.3 is 4.74 Å². The number of nitrogens with zero attached hydrogens (tertiary/aromatic N) is 1. The van der Waals surface area contributed by atoms with E-state index in [0.29, 0.717) is 11.8 Å². The van der Waals surface area contributed by atoms with E-state index >= 15 is 0 Å². The van der Waals surface area contributed by atoms with Crippen LogP contribution < -0.4 is 0 Å². The van der Waals surface area contributed by atoms with E-state index in [1.54, 1.807) is 0 Å². The van der Waals surface area contributed by atoms with Gasteiger partial charge in [0.05, 0.1) is 6.61 Å². The molecule has 102 valence electrons. The number of ether oxygens (including phenoxy) is 1. The summed E-state index contributed by atoms with van der Waals surface area (Å²) in [7, 11) is 0. The van der Waals surface area contributed by atoms with Gasteiger partial charge in [0.2, 0.25) is 0 Å². The summed E-state index contributed by atoms with van der Waals surface area (Å²) in [6.07, 6.45) is 9.67. The van der Waals surface area contributed by atoms with Crippen LogP contribution in [0.15, 0.2) is 0 Å². The Hall–Kier alpha value is -0.410. The van der Waals surface area contributed by atoms with Crippen LogP contribution in [0.25, 0.3) is 0 Å². The largest absolute Gasteiger partial charge is 0.367 e. The van der Waals surface area contributed by atoms with E-state index < -0.39 is 0 Å². The third-order valence-corrected chi connectivity index (χ3v) is 5.02. The maximum atomic E-state index is 12.2. The first-order chi connectivity index (χ1) is 8.83. The molecule has 2 heterocycles. The number of hydrogen-bond donors (Lipinski definition) is 0. The number of rotatable bonds is 4. The summed E-state index contributed by atoms with van der Waals surface area (Å²) in [5.74, 6) is 1.17. The van der Waals surface area contributed by atoms with Crippen molar-refractivity contribution in [2.24, 2.45) is 5.92 Å². The molecule has 3 aliphatic rings. The van der Waals surface area contributed by atoms with E-state index in [9.17, 15) is 4.79 Å². The zero-order chi connectivity index (χ0) is 12.4. The summed E-state index contributed by atoms with van der Waals surface area (Å²) in [6.45, 7) is 2.80. The summed E-state index contributed by atoms with van der Waals surface area (Å²) in [6, 6.07) is 0.601. The molecular formula is C15H25NO2. The van der Waals surface area contributed by atoms with E-state index in [0.717, 1.165) is 31.9 Å². The molecule has 3 nitrogen and oxygen atoms in total. The first kappa shape index (κ1) is 12.6. The molecule has 0 aromatic rings. The topological polar surface area (TPSA) is 29.5 Å². The van der Waals surface area contributed by atoms with Crippen LogP contribution in [0, 0.1) is 5.92 Å². The number of ketones is 1. The van der Waals surface area contributed by atoms with Crippen molar-refractivity contribution in [2.45, 2.75) is 63.5 Å². The quantitative estimate of drug-likeness (QED) is 0.768. The number of Topliss-reactive ketones (excluding diaryl/α,β-unsaturated/α-hetero) is 1. The zero-order valence-electron chi connectivity index (χ0n) is 11.3. The lowest BCUT2D eigenvalue weighted by Gasteiger charge is -2.34. The number of hydrogen-bond acceptors (Lipinski definition) is 3. The van der Waals surface area contributed by atoms with Gasteiger partial charge in [-0.25, -0.2) is 0 Å². The summed E-state index contributed by atoms with van der Waals surface area (Å²) >= 11 is 0. The van der Waals surface area contributed by atoms with Crippen molar-refractivity contribution < 1.29 is 9.53 Å². The van der Waals surface area contributed by atoms with Crippen LogP contribution in [0.3, 0.4) is 0 Å². The molecule has 0 aromatic heterocycles. The normalized spacial score (nSPS) is 33.8. The standard InChI is InChI=1S/C15H25NO2/c17-14(8-7-12-4-1-2-5-12)15-10-16-9-3-6-13(16)11-18-15/h12-13,15H,1-11H2. The van der Waals surface area contributed by atoms with Gasteiger partial charge in [-0.3, -0.25) is 9.69 Å². The van der Waals surface area contributed by atoms with Crippen LogP contribution in [-0.4, -0.2) is 42.5 Å². The van der Waals surface area contributed by atoms with Crippen molar-refractivity contribution in [1.82, 2.24) is 4.90 Å². The third kappa shape index (κ3) is 2.77. The fourth-order valence-electron chi connectivity index (χ4n) is 3.82. The van der Waals surface area contributed by atoms with E-state index in [-0.39, 0.29) is 6.10 Å². The average Bonchev–Trinajstić information content (AvgIpc) is 3.05. The van der Waals surface area contributed by atoms with Gasteiger partial charge in [-0.15, -0.1) is 0 Å². The summed E-state index contributed by atoms with van der Waals surface area (Å²) in [4.78, 5) is 14.7. The van der Waals surface area contributed by atoms with Crippen LogP contribution in [0.1, 0.15) is 51.4 Å². The molecule has 3 heteroatoms. The zero-order valence-corrected chi connectivity index (χ0v) is 11.3. The molecule has 0 aromatic carbocycles. The van der Waals surface area contributed by atoms with Crippen molar-refractivity contribution in [3.05, 3.63) is 0 Å². The van der Waals surface area contributed by atoms with Gasteiger partial charge in [0, 0.05) is 19.0 Å². The Kier molecular flexibility index (Phi) is 4.00. The minimum Gasteiger partial charge on any atom is -0.367 e. The Morgan fingerprint density at radius 1 is 1.17 bits per heavy atom. The maximum Gasteiger partial charge on any atom is 0.162 e. The van der Waals surface area contributed by atoms with Crippen molar-refractivity contribution in [3.63, 3.8) is 0 Å². The molecule has 3 rings (SSSR count). The van der Waals surface area contributed by atoms with E-state index in [1.807, 2.05) is 0 Å². The van der Waals surface area contributed by atoms with E-state index in [1.165, 1.54) is 45.1 Å². The lowest BCUT2D eigenvalue weighted by molar-refractivity contribution is -0.138. The van der Waals surface area contributed by atoms with Gasteiger partial charge in [-0.05, 0) is 31.7 Å². The molecule has 2 saturated heterocycles. The highest BCUT2D eigenvalue weighted by Crippen LogP contribution is 2.29. The smallest absolute Gasteiger partial charge is 0.162 e. The lowest BCUT2D eigenvalue weighted by atomic mass is 9.98. The molecule has 2 unspecified atom stereocenters. The molecule has 1 aliphatic carbocycles. The third-order valence-electron chi connectivity index (χ3n) is 5.02.